The summed E-state index contributed by atoms with van der Waals surface area (Å²) < 4.78 is 11.4. The van der Waals surface area contributed by atoms with E-state index in [2.05, 4.69) is 31.1 Å². The quantitative estimate of drug-likeness (QED) is 0.845. The largest absolute Gasteiger partial charge is 0.484 e. The average Bonchev–Trinajstić information content (AvgIpc) is 2.91. The van der Waals surface area contributed by atoms with Gasteiger partial charge in [0.2, 0.25) is 0 Å². The molecule has 0 saturated carbocycles. The molecule has 2 rings (SSSR count). The highest BCUT2D eigenvalue weighted by atomic mass is 16.5. The lowest BCUT2D eigenvalue weighted by Crippen LogP contribution is -2.22. The molecule has 0 amide bonds. The number of furan rings is 1. The Hall–Kier alpha value is -1.81. The van der Waals surface area contributed by atoms with E-state index in [1.807, 2.05) is 25.1 Å². The lowest BCUT2D eigenvalue weighted by Gasteiger charge is -2.11. The minimum Gasteiger partial charge on any atom is -0.484 e. The van der Waals surface area contributed by atoms with E-state index in [-0.39, 0.29) is 0 Å². The summed E-state index contributed by atoms with van der Waals surface area (Å²) in [6.07, 6.45) is 2.57. The van der Waals surface area contributed by atoms with Crippen molar-refractivity contribution in [3.8, 4) is 5.75 Å². The van der Waals surface area contributed by atoms with Gasteiger partial charge in [0, 0.05) is 23.8 Å². The molecule has 0 atom stereocenters. The summed E-state index contributed by atoms with van der Waals surface area (Å²) in [7, 11) is 0. The SMILES string of the molecule is CCc1nc(C)ccc1OCc1occc1CNC(C)C. The van der Waals surface area contributed by atoms with Gasteiger partial charge in [-0.05, 0) is 31.5 Å². The predicted octanol–water partition coefficient (Wildman–Crippen LogP) is 3.62. The zero-order valence-corrected chi connectivity index (χ0v) is 13.3. The molecule has 0 spiro atoms. The number of nitrogens with one attached hydrogen (secondary N) is 1. The van der Waals surface area contributed by atoms with Crippen LogP contribution < -0.4 is 10.1 Å². The number of aromatic nitrogens is 1. The molecular formula is C17H24N2O2. The van der Waals surface area contributed by atoms with Gasteiger partial charge in [-0.15, -0.1) is 0 Å². The summed E-state index contributed by atoms with van der Waals surface area (Å²) in [4.78, 5) is 4.51. The van der Waals surface area contributed by atoms with Crippen LogP contribution in [0, 0.1) is 6.92 Å². The monoisotopic (exact) mass is 288 g/mol. The van der Waals surface area contributed by atoms with Crippen molar-refractivity contribution in [3.63, 3.8) is 0 Å². The number of nitrogens with zero attached hydrogens (tertiary/aromatic N) is 1. The Morgan fingerprint density at radius 3 is 2.81 bits per heavy atom. The van der Waals surface area contributed by atoms with Crippen LogP contribution in [0.25, 0.3) is 0 Å². The summed E-state index contributed by atoms with van der Waals surface area (Å²) in [5.74, 6) is 1.70. The van der Waals surface area contributed by atoms with Crippen molar-refractivity contribution in [1.82, 2.24) is 10.3 Å². The molecule has 1 N–H and O–H groups in total. The van der Waals surface area contributed by atoms with Crippen LogP contribution in [0.4, 0.5) is 0 Å². The van der Waals surface area contributed by atoms with Gasteiger partial charge in [0.05, 0.1) is 12.0 Å². The van der Waals surface area contributed by atoms with E-state index in [0.29, 0.717) is 12.6 Å². The van der Waals surface area contributed by atoms with Gasteiger partial charge in [-0.3, -0.25) is 4.98 Å². The molecule has 0 saturated heterocycles. The van der Waals surface area contributed by atoms with Crippen molar-refractivity contribution in [3.05, 3.63) is 47.2 Å². The molecule has 0 fully saturated rings. The van der Waals surface area contributed by atoms with Gasteiger partial charge >= 0.3 is 0 Å². The Morgan fingerprint density at radius 2 is 2.10 bits per heavy atom. The summed E-state index contributed by atoms with van der Waals surface area (Å²) in [5.41, 5.74) is 3.14. The van der Waals surface area contributed by atoms with E-state index >= 15 is 0 Å². The van der Waals surface area contributed by atoms with E-state index in [1.165, 1.54) is 0 Å². The lowest BCUT2D eigenvalue weighted by molar-refractivity contribution is 0.264. The van der Waals surface area contributed by atoms with E-state index in [9.17, 15) is 0 Å². The maximum Gasteiger partial charge on any atom is 0.146 e. The minimum atomic E-state index is 0.430. The number of pyridine rings is 1. The summed E-state index contributed by atoms with van der Waals surface area (Å²) in [6, 6.07) is 6.39. The van der Waals surface area contributed by atoms with Crippen LogP contribution >= 0.6 is 0 Å². The molecule has 21 heavy (non-hydrogen) atoms. The number of ether oxygens (including phenoxy) is 1. The van der Waals surface area contributed by atoms with Crippen molar-refractivity contribution in [2.75, 3.05) is 0 Å². The van der Waals surface area contributed by atoms with E-state index in [1.54, 1.807) is 6.26 Å². The Kier molecular flexibility index (Phi) is 5.39. The number of hydrogen-bond donors (Lipinski definition) is 1. The van der Waals surface area contributed by atoms with Crippen LogP contribution in [0.1, 0.15) is 43.5 Å². The first-order chi connectivity index (χ1) is 10.1. The number of rotatable bonds is 7. The molecule has 0 aliphatic carbocycles. The van der Waals surface area contributed by atoms with Gasteiger partial charge in [-0.1, -0.05) is 20.8 Å². The Bertz CT molecular complexity index is 576. The molecular weight excluding hydrogens is 264 g/mol. The second-order valence-corrected chi connectivity index (χ2v) is 5.44. The average molecular weight is 288 g/mol. The fraction of sp³-hybridized carbons (Fsp3) is 0.471. The highest BCUT2D eigenvalue weighted by Gasteiger charge is 2.10. The molecule has 0 aromatic carbocycles. The smallest absolute Gasteiger partial charge is 0.146 e. The molecule has 2 heterocycles. The zero-order chi connectivity index (χ0) is 15.2. The van der Waals surface area contributed by atoms with Gasteiger partial charge in [-0.2, -0.15) is 0 Å². The van der Waals surface area contributed by atoms with E-state index in [4.69, 9.17) is 9.15 Å². The first-order valence-electron chi connectivity index (χ1n) is 7.48. The maximum absolute atomic E-state index is 5.89. The maximum atomic E-state index is 5.89. The molecule has 4 nitrogen and oxygen atoms in total. The lowest BCUT2D eigenvalue weighted by atomic mass is 10.2. The van der Waals surface area contributed by atoms with Crippen LogP contribution in [0.3, 0.4) is 0 Å². The normalized spacial score (nSPS) is 11.1. The second-order valence-electron chi connectivity index (χ2n) is 5.44. The van der Waals surface area contributed by atoms with Crippen LogP contribution in [-0.2, 0) is 19.6 Å². The van der Waals surface area contributed by atoms with Gasteiger partial charge in [0.25, 0.3) is 0 Å². The van der Waals surface area contributed by atoms with Gasteiger partial charge in [0.15, 0.2) is 0 Å². The highest BCUT2D eigenvalue weighted by Crippen LogP contribution is 2.20. The molecule has 2 aromatic rings. The third kappa shape index (κ3) is 4.33. The summed E-state index contributed by atoms with van der Waals surface area (Å²) in [5, 5.41) is 3.39. The highest BCUT2D eigenvalue weighted by molar-refractivity contribution is 5.29. The third-order valence-electron chi connectivity index (χ3n) is 3.30. The topological polar surface area (TPSA) is 47.3 Å². The fourth-order valence-corrected chi connectivity index (χ4v) is 2.09. The van der Waals surface area contributed by atoms with Crippen LogP contribution in [-0.4, -0.2) is 11.0 Å². The Balaban J connectivity index is 2.02. The summed E-state index contributed by atoms with van der Waals surface area (Å²) in [6.45, 7) is 9.55. The fourth-order valence-electron chi connectivity index (χ4n) is 2.09. The van der Waals surface area contributed by atoms with E-state index < -0.39 is 0 Å². The third-order valence-corrected chi connectivity index (χ3v) is 3.30. The molecule has 4 heteroatoms. The van der Waals surface area contributed by atoms with Crippen molar-refractivity contribution < 1.29 is 9.15 Å². The van der Waals surface area contributed by atoms with Crippen molar-refractivity contribution in [1.29, 1.82) is 0 Å². The molecule has 2 aromatic heterocycles. The second kappa shape index (κ2) is 7.27. The Morgan fingerprint density at radius 1 is 1.29 bits per heavy atom. The molecule has 0 aliphatic rings. The first kappa shape index (κ1) is 15.6. The van der Waals surface area contributed by atoms with Gasteiger partial charge in [0.1, 0.15) is 18.1 Å². The minimum absolute atomic E-state index is 0.430. The van der Waals surface area contributed by atoms with Crippen LogP contribution in [0.5, 0.6) is 5.75 Å². The molecule has 114 valence electrons. The molecule has 0 radical (unpaired) electrons. The molecule has 0 aliphatic heterocycles. The Labute approximate surface area is 126 Å². The number of hydrogen-bond acceptors (Lipinski definition) is 4. The first-order valence-corrected chi connectivity index (χ1v) is 7.48. The molecule has 0 unspecified atom stereocenters. The van der Waals surface area contributed by atoms with Crippen molar-refractivity contribution in [2.45, 2.75) is 53.3 Å². The number of aryl methyl sites for hydroxylation is 2. The zero-order valence-electron chi connectivity index (χ0n) is 13.3. The molecule has 0 bridgehead atoms. The van der Waals surface area contributed by atoms with Crippen LogP contribution in [0.15, 0.2) is 28.9 Å². The van der Waals surface area contributed by atoms with E-state index in [0.717, 1.165) is 41.4 Å². The predicted molar refractivity (Wildman–Crippen MR) is 83.4 cm³/mol. The van der Waals surface area contributed by atoms with Crippen molar-refractivity contribution >= 4 is 0 Å². The standard InChI is InChI=1S/C17H24N2O2/c1-5-15-16(7-6-13(4)19-15)21-11-17-14(8-9-20-17)10-18-12(2)3/h6-9,12,18H,5,10-11H2,1-4H3. The van der Waals surface area contributed by atoms with Gasteiger partial charge in [-0.25, -0.2) is 0 Å². The van der Waals surface area contributed by atoms with Crippen molar-refractivity contribution in [2.24, 2.45) is 0 Å². The summed E-state index contributed by atoms with van der Waals surface area (Å²) >= 11 is 0. The van der Waals surface area contributed by atoms with Crippen LogP contribution in [0.2, 0.25) is 0 Å². The van der Waals surface area contributed by atoms with Gasteiger partial charge < -0.3 is 14.5 Å².